The summed E-state index contributed by atoms with van der Waals surface area (Å²) >= 11 is 0. The minimum absolute atomic E-state index is 0.415. The maximum Gasteiger partial charge on any atom is 0.325 e. The van der Waals surface area contributed by atoms with Gasteiger partial charge in [0, 0.05) is 6.66 Å². The molecule has 3 nitrogen and oxygen atoms in total. The highest BCUT2D eigenvalue weighted by Crippen LogP contribution is 2.36. The first-order chi connectivity index (χ1) is 8.42. The lowest BCUT2D eigenvalue weighted by Crippen LogP contribution is -1.92. The van der Waals surface area contributed by atoms with Crippen LogP contribution in [0.1, 0.15) is 71.6 Å². The van der Waals surface area contributed by atoms with Crippen LogP contribution in [-0.4, -0.2) is 18.2 Å². The van der Waals surface area contributed by atoms with Gasteiger partial charge in [-0.2, -0.15) is 0 Å². The smallest absolute Gasteiger partial charge is 0.324 e. The topological polar surface area (TPSA) is 46.5 Å². The van der Waals surface area contributed by atoms with Crippen LogP contribution in [0.2, 0.25) is 0 Å². The van der Waals surface area contributed by atoms with E-state index in [1.165, 1.54) is 51.6 Å². The average Bonchev–Trinajstić information content (AvgIpc) is 2.24. The van der Waals surface area contributed by atoms with Crippen LogP contribution in [0.3, 0.4) is 0 Å². The molecule has 1 unspecified atom stereocenters. The van der Waals surface area contributed by atoms with E-state index in [1.54, 1.807) is 0 Å². The second-order valence-corrected chi connectivity index (χ2v) is 7.51. The Morgan fingerprint density at radius 2 is 1.39 bits per heavy atom. The van der Waals surface area contributed by atoms with Crippen molar-refractivity contribution in [1.82, 2.24) is 0 Å². The first-order valence-electron chi connectivity index (χ1n) is 7.36. The van der Waals surface area contributed by atoms with E-state index in [2.05, 4.69) is 13.8 Å². The van der Waals surface area contributed by atoms with Crippen LogP contribution in [0, 0.1) is 5.92 Å². The van der Waals surface area contributed by atoms with Gasteiger partial charge in [0.15, 0.2) is 0 Å². The second kappa shape index (κ2) is 11.0. The fraction of sp³-hybridized carbons (Fsp3) is 1.00. The van der Waals surface area contributed by atoms with Crippen molar-refractivity contribution >= 4 is 7.60 Å². The molecule has 0 radical (unpaired) electrons. The largest absolute Gasteiger partial charge is 0.325 e. The summed E-state index contributed by atoms with van der Waals surface area (Å²) in [6.45, 7) is 6.22. The van der Waals surface area contributed by atoms with Gasteiger partial charge >= 0.3 is 7.60 Å². The van der Waals surface area contributed by atoms with Gasteiger partial charge in [-0.25, -0.2) is 0 Å². The zero-order valence-electron chi connectivity index (χ0n) is 12.4. The van der Waals surface area contributed by atoms with Crippen LogP contribution in [0.25, 0.3) is 0 Å². The van der Waals surface area contributed by atoms with Crippen LogP contribution in [-0.2, 0) is 9.09 Å². The number of unbranched alkanes of at least 4 members (excludes halogenated alkanes) is 7. The van der Waals surface area contributed by atoms with Gasteiger partial charge in [0.2, 0.25) is 0 Å². The molecule has 0 spiro atoms. The van der Waals surface area contributed by atoms with E-state index < -0.39 is 7.60 Å². The Morgan fingerprint density at radius 1 is 0.944 bits per heavy atom. The Balaban J connectivity index is 3.06. The number of hydrogen-bond acceptors (Lipinski definition) is 2. The van der Waals surface area contributed by atoms with Gasteiger partial charge in [-0.05, 0) is 12.3 Å². The maximum atomic E-state index is 10.8. The Hall–Kier alpha value is 0.150. The number of hydrogen-bond donors (Lipinski definition) is 1. The van der Waals surface area contributed by atoms with E-state index in [-0.39, 0.29) is 0 Å². The van der Waals surface area contributed by atoms with E-state index in [1.807, 2.05) is 0 Å². The third kappa shape index (κ3) is 16.1. The molecule has 4 heteroatoms. The molecule has 0 aromatic heterocycles. The zero-order valence-corrected chi connectivity index (χ0v) is 13.3. The molecular formula is C14H31O3P. The molecular weight excluding hydrogens is 247 g/mol. The lowest BCUT2D eigenvalue weighted by Gasteiger charge is -2.06. The molecule has 0 aliphatic rings. The molecule has 0 heterocycles. The highest BCUT2D eigenvalue weighted by molar-refractivity contribution is 7.51. The molecule has 0 aliphatic heterocycles. The summed E-state index contributed by atoms with van der Waals surface area (Å²) in [5.74, 6) is 0.839. The molecule has 0 saturated heterocycles. The van der Waals surface area contributed by atoms with E-state index in [0.29, 0.717) is 6.61 Å². The van der Waals surface area contributed by atoms with Gasteiger partial charge < -0.3 is 9.42 Å². The van der Waals surface area contributed by atoms with Crippen molar-refractivity contribution in [1.29, 1.82) is 0 Å². The van der Waals surface area contributed by atoms with Crippen LogP contribution in [0.15, 0.2) is 0 Å². The molecule has 0 aromatic carbocycles. The summed E-state index contributed by atoms with van der Waals surface area (Å²) in [4.78, 5) is 8.91. The van der Waals surface area contributed by atoms with E-state index >= 15 is 0 Å². The van der Waals surface area contributed by atoms with Crippen LogP contribution >= 0.6 is 7.60 Å². The third-order valence-corrected chi connectivity index (χ3v) is 3.67. The molecule has 0 amide bonds. The van der Waals surface area contributed by atoms with Crippen molar-refractivity contribution in [2.45, 2.75) is 71.6 Å². The fourth-order valence-corrected chi connectivity index (χ4v) is 2.42. The van der Waals surface area contributed by atoms with Crippen LogP contribution < -0.4 is 0 Å². The molecule has 1 N–H and O–H groups in total. The van der Waals surface area contributed by atoms with Crippen molar-refractivity contribution in [2.24, 2.45) is 5.92 Å². The Labute approximate surface area is 113 Å². The molecule has 0 aromatic rings. The summed E-state index contributed by atoms with van der Waals surface area (Å²) in [6.07, 6.45) is 11.3. The molecule has 1 atom stereocenters. The van der Waals surface area contributed by atoms with Gasteiger partial charge in [-0.3, -0.25) is 4.57 Å². The lowest BCUT2D eigenvalue weighted by molar-refractivity contribution is 0.257. The molecule has 0 fully saturated rings. The van der Waals surface area contributed by atoms with Gasteiger partial charge in [-0.15, -0.1) is 0 Å². The molecule has 110 valence electrons. The molecule has 0 saturated carbocycles. The summed E-state index contributed by atoms with van der Waals surface area (Å²) in [6, 6.07) is 0. The molecule has 18 heavy (non-hydrogen) atoms. The molecule has 0 aliphatic carbocycles. The normalized spacial score (nSPS) is 14.9. The Bertz CT molecular complexity index is 223. The summed E-state index contributed by atoms with van der Waals surface area (Å²) in [5, 5.41) is 0. The summed E-state index contributed by atoms with van der Waals surface area (Å²) in [5.41, 5.74) is 0. The van der Waals surface area contributed by atoms with Crippen molar-refractivity contribution in [3.8, 4) is 0 Å². The second-order valence-electron chi connectivity index (χ2n) is 5.65. The van der Waals surface area contributed by atoms with E-state index in [4.69, 9.17) is 9.42 Å². The van der Waals surface area contributed by atoms with Crippen molar-refractivity contribution < 1.29 is 14.0 Å². The zero-order chi connectivity index (χ0) is 13.9. The highest BCUT2D eigenvalue weighted by atomic mass is 31.2. The first-order valence-corrected chi connectivity index (χ1v) is 9.39. The van der Waals surface area contributed by atoms with Crippen molar-refractivity contribution in [2.75, 3.05) is 13.3 Å². The maximum absolute atomic E-state index is 10.8. The van der Waals surface area contributed by atoms with Crippen LogP contribution in [0.4, 0.5) is 0 Å². The van der Waals surface area contributed by atoms with Crippen molar-refractivity contribution in [3.63, 3.8) is 0 Å². The Morgan fingerprint density at radius 3 is 1.83 bits per heavy atom. The van der Waals surface area contributed by atoms with E-state index in [9.17, 15) is 4.57 Å². The quantitative estimate of drug-likeness (QED) is 0.404. The van der Waals surface area contributed by atoms with Gasteiger partial charge in [0.05, 0.1) is 6.61 Å². The van der Waals surface area contributed by atoms with Gasteiger partial charge in [0.25, 0.3) is 0 Å². The minimum Gasteiger partial charge on any atom is -0.324 e. The van der Waals surface area contributed by atoms with E-state index in [0.717, 1.165) is 18.8 Å². The standard InChI is InChI=1S/C14H31O3P/c1-14(2)12-10-8-6-4-5-7-9-11-13-17-18(3,15)16/h14H,4-13H2,1-3H3,(H,15,16). The van der Waals surface area contributed by atoms with Crippen LogP contribution in [0.5, 0.6) is 0 Å². The molecule has 0 rings (SSSR count). The Kier molecular flexibility index (Phi) is 11.1. The first kappa shape index (κ1) is 18.1. The summed E-state index contributed by atoms with van der Waals surface area (Å²) < 4.78 is 15.7. The highest BCUT2D eigenvalue weighted by Gasteiger charge is 2.08. The van der Waals surface area contributed by atoms with Crippen molar-refractivity contribution in [3.05, 3.63) is 0 Å². The molecule has 0 bridgehead atoms. The SMILES string of the molecule is CC(C)CCCCCCCCCCOP(C)(=O)O. The van der Waals surface area contributed by atoms with Gasteiger partial charge in [-0.1, -0.05) is 65.2 Å². The minimum atomic E-state index is -3.25. The average molecular weight is 278 g/mol. The number of rotatable bonds is 12. The third-order valence-electron chi connectivity index (χ3n) is 3.01. The van der Waals surface area contributed by atoms with Gasteiger partial charge in [0.1, 0.15) is 0 Å². The fourth-order valence-electron chi connectivity index (χ4n) is 1.95. The summed E-state index contributed by atoms with van der Waals surface area (Å²) in [7, 11) is -3.25. The lowest BCUT2D eigenvalue weighted by atomic mass is 10.0. The monoisotopic (exact) mass is 278 g/mol. The predicted molar refractivity (Wildman–Crippen MR) is 78.1 cm³/mol. The predicted octanol–water partition coefficient (Wildman–Crippen LogP) is 4.99.